The van der Waals surface area contributed by atoms with Crippen LogP contribution in [0.4, 0.5) is 0 Å². The summed E-state index contributed by atoms with van der Waals surface area (Å²) in [5.74, 6) is 0.0222. The average molecular weight is 359 g/mol. The van der Waals surface area contributed by atoms with Gasteiger partial charge in [-0.2, -0.15) is 0 Å². The number of nitrogens with zero attached hydrogens (tertiary/aromatic N) is 1. The minimum absolute atomic E-state index is 0.0222. The van der Waals surface area contributed by atoms with E-state index < -0.39 is 10.0 Å². The Balaban J connectivity index is 1.73. The van der Waals surface area contributed by atoms with Crippen molar-refractivity contribution in [3.63, 3.8) is 0 Å². The summed E-state index contributed by atoms with van der Waals surface area (Å²) in [6.45, 7) is 4.57. The molecule has 2 aromatic carbocycles. The zero-order valence-corrected chi connectivity index (χ0v) is 15.5. The Labute approximate surface area is 150 Å². The number of rotatable bonds is 7. The van der Waals surface area contributed by atoms with Crippen molar-refractivity contribution in [1.29, 1.82) is 0 Å². The zero-order valence-electron chi connectivity index (χ0n) is 14.7. The van der Waals surface area contributed by atoms with E-state index in [1.165, 1.54) is 24.0 Å². The molecule has 134 valence electrons. The van der Waals surface area contributed by atoms with Crippen molar-refractivity contribution in [2.45, 2.75) is 31.6 Å². The zero-order chi connectivity index (χ0) is 17.7. The maximum absolute atomic E-state index is 12.5. The lowest BCUT2D eigenvalue weighted by molar-refractivity contribution is 0.246. The molecule has 1 aliphatic rings. The number of sulfonamides is 1. The lowest BCUT2D eigenvalue weighted by atomic mass is 10.0. The Morgan fingerprint density at radius 3 is 2.32 bits per heavy atom. The third-order valence-corrected chi connectivity index (χ3v) is 6.14. The van der Waals surface area contributed by atoms with Crippen LogP contribution in [-0.2, 0) is 15.8 Å². The van der Waals surface area contributed by atoms with Crippen LogP contribution in [0, 0.1) is 6.92 Å². The first-order valence-electron chi connectivity index (χ1n) is 8.86. The van der Waals surface area contributed by atoms with Crippen LogP contribution in [0.2, 0.25) is 0 Å². The minimum atomic E-state index is -3.36. The van der Waals surface area contributed by atoms with Crippen molar-refractivity contribution in [2.24, 2.45) is 0 Å². The van der Waals surface area contributed by atoms with Crippen molar-refractivity contribution < 1.29 is 8.42 Å². The Hall–Kier alpha value is -1.69. The van der Waals surface area contributed by atoms with Crippen molar-refractivity contribution in [1.82, 2.24) is 9.62 Å². The monoisotopic (exact) mass is 358 g/mol. The van der Waals surface area contributed by atoms with Gasteiger partial charge in [0.2, 0.25) is 10.0 Å². The maximum atomic E-state index is 12.5. The maximum Gasteiger partial charge on any atom is 0.215 e. The molecule has 0 saturated carbocycles. The third kappa shape index (κ3) is 4.91. The third-order valence-electron chi connectivity index (χ3n) is 4.82. The summed E-state index contributed by atoms with van der Waals surface area (Å²) >= 11 is 0. The summed E-state index contributed by atoms with van der Waals surface area (Å²) in [6.07, 6.45) is 2.36. The highest BCUT2D eigenvalue weighted by Crippen LogP contribution is 2.27. The van der Waals surface area contributed by atoms with Crippen molar-refractivity contribution in [3.8, 4) is 0 Å². The van der Waals surface area contributed by atoms with E-state index in [0.717, 1.165) is 18.7 Å². The molecule has 1 heterocycles. The summed E-state index contributed by atoms with van der Waals surface area (Å²) < 4.78 is 27.9. The highest BCUT2D eigenvalue weighted by molar-refractivity contribution is 7.88. The van der Waals surface area contributed by atoms with Gasteiger partial charge in [0.05, 0.1) is 5.75 Å². The van der Waals surface area contributed by atoms with Gasteiger partial charge in [0.15, 0.2) is 0 Å². The molecule has 4 nitrogen and oxygen atoms in total. The van der Waals surface area contributed by atoms with Crippen LogP contribution in [0.3, 0.4) is 0 Å². The quantitative estimate of drug-likeness (QED) is 0.826. The SMILES string of the molecule is Cc1ccccc1C(CNS(=O)(=O)Cc1ccccc1)N1CCCC1. The molecule has 2 aromatic rings. The molecule has 1 unspecified atom stereocenters. The van der Waals surface area contributed by atoms with E-state index in [-0.39, 0.29) is 11.8 Å². The molecule has 0 radical (unpaired) electrons. The van der Waals surface area contributed by atoms with E-state index in [1.54, 1.807) is 0 Å². The molecule has 0 bridgehead atoms. The first kappa shape index (κ1) is 18.1. The Morgan fingerprint density at radius 1 is 1.00 bits per heavy atom. The molecule has 0 aromatic heterocycles. The van der Waals surface area contributed by atoms with Crippen LogP contribution in [0.25, 0.3) is 0 Å². The van der Waals surface area contributed by atoms with Gasteiger partial charge in [-0.05, 0) is 49.5 Å². The first-order valence-corrected chi connectivity index (χ1v) is 10.5. The lowest BCUT2D eigenvalue weighted by Gasteiger charge is -2.29. The number of hydrogen-bond donors (Lipinski definition) is 1. The highest BCUT2D eigenvalue weighted by atomic mass is 32.2. The molecular weight excluding hydrogens is 332 g/mol. The molecule has 5 heteroatoms. The van der Waals surface area contributed by atoms with Crippen LogP contribution in [-0.4, -0.2) is 33.0 Å². The smallest absolute Gasteiger partial charge is 0.215 e. The molecule has 25 heavy (non-hydrogen) atoms. The van der Waals surface area contributed by atoms with E-state index in [4.69, 9.17) is 0 Å². The van der Waals surface area contributed by atoms with Crippen molar-refractivity contribution in [2.75, 3.05) is 19.6 Å². The topological polar surface area (TPSA) is 49.4 Å². The van der Waals surface area contributed by atoms with Gasteiger partial charge in [0, 0.05) is 12.6 Å². The van der Waals surface area contributed by atoms with Gasteiger partial charge in [-0.1, -0.05) is 54.6 Å². The van der Waals surface area contributed by atoms with Crippen LogP contribution in [0.1, 0.15) is 35.6 Å². The first-order chi connectivity index (χ1) is 12.1. The van der Waals surface area contributed by atoms with Crippen LogP contribution in [0.5, 0.6) is 0 Å². The fraction of sp³-hybridized carbons (Fsp3) is 0.400. The van der Waals surface area contributed by atoms with Crippen LogP contribution < -0.4 is 4.72 Å². The normalized spacial score (nSPS) is 16.8. The number of aryl methyl sites for hydroxylation is 1. The summed E-state index contributed by atoms with van der Waals surface area (Å²) in [4.78, 5) is 2.40. The number of likely N-dealkylation sites (tertiary alicyclic amines) is 1. The average Bonchev–Trinajstić information content (AvgIpc) is 3.11. The molecule has 1 N–H and O–H groups in total. The number of nitrogens with one attached hydrogen (secondary N) is 1. The van der Waals surface area contributed by atoms with Gasteiger partial charge in [-0.25, -0.2) is 13.1 Å². The van der Waals surface area contributed by atoms with Gasteiger partial charge >= 0.3 is 0 Å². The molecule has 0 spiro atoms. The lowest BCUT2D eigenvalue weighted by Crippen LogP contribution is -2.37. The predicted molar refractivity (Wildman–Crippen MR) is 102 cm³/mol. The Bertz CT molecular complexity index is 784. The van der Waals surface area contributed by atoms with Gasteiger partial charge in [0.25, 0.3) is 0 Å². The number of hydrogen-bond acceptors (Lipinski definition) is 3. The van der Waals surface area contributed by atoms with E-state index in [1.807, 2.05) is 42.5 Å². The summed E-state index contributed by atoms with van der Waals surface area (Å²) in [6, 6.07) is 17.7. The molecular formula is C20H26N2O2S. The summed E-state index contributed by atoms with van der Waals surface area (Å²) in [7, 11) is -3.36. The standard InChI is InChI=1S/C20H26N2O2S/c1-17-9-5-6-12-19(17)20(22-13-7-8-14-22)15-21-25(23,24)16-18-10-3-2-4-11-18/h2-6,9-12,20-21H,7-8,13-16H2,1H3. The van der Waals surface area contributed by atoms with Crippen LogP contribution >= 0.6 is 0 Å². The van der Waals surface area contributed by atoms with Crippen molar-refractivity contribution in [3.05, 3.63) is 71.3 Å². The molecule has 1 aliphatic heterocycles. The predicted octanol–water partition coefficient (Wildman–Crippen LogP) is 3.25. The van der Waals surface area contributed by atoms with E-state index >= 15 is 0 Å². The second kappa shape index (κ2) is 8.13. The largest absolute Gasteiger partial charge is 0.295 e. The Morgan fingerprint density at radius 2 is 1.64 bits per heavy atom. The summed E-state index contributed by atoms with van der Waals surface area (Å²) in [5, 5.41) is 0. The fourth-order valence-corrected chi connectivity index (χ4v) is 4.65. The van der Waals surface area contributed by atoms with Gasteiger partial charge in [-0.15, -0.1) is 0 Å². The van der Waals surface area contributed by atoms with E-state index in [2.05, 4.69) is 28.7 Å². The number of benzene rings is 2. The van der Waals surface area contributed by atoms with E-state index in [0.29, 0.717) is 6.54 Å². The molecule has 1 fully saturated rings. The molecule has 1 saturated heterocycles. The Kier molecular flexibility index (Phi) is 5.89. The molecule has 0 aliphatic carbocycles. The van der Waals surface area contributed by atoms with Gasteiger partial charge in [0.1, 0.15) is 0 Å². The second-order valence-corrected chi connectivity index (χ2v) is 8.52. The molecule has 1 atom stereocenters. The van der Waals surface area contributed by atoms with Crippen LogP contribution in [0.15, 0.2) is 54.6 Å². The van der Waals surface area contributed by atoms with Crippen molar-refractivity contribution >= 4 is 10.0 Å². The van der Waals surface area contributed by atoms with Gasteiger partial charge < -0.3 is 0 Å². The fourth-order valence-electron chi connectivity index (χ4n) is 3.50. The minimum Gasteiger partial charge on any atom is -0.295 e. The van der Waals surface area contributed by atoms with E-state index in [9.17, 15) is 8.42 Å². The highest BCUT2D eigenvalue weighted by Gasteiger charge is 2.26. The second-order valence-electron chi connectivity index (χ2n) is 6.71. The van der Waals surface area contributed by atoms with Gasteiger partial charge in [-0.3, -0.25) is 4.90 Å². The summed E-state index contributed by atoms with van der Waals surface area (Å²) in [5.41, 5.74) is 3.23. The molecule has 0 amide bonds. The molecule has 3 rings (SSSR count).